The van der Waals surface area contributed by atoms with Gasteiger partial charge in [-0.3, -0.25) is 14.4 Å². The molecule has 0 rings (SSSR count). The van der Waals surface area contributed by atoms with Gasteiger partial charge in [-0.15, -0.1) is 0 Å². The number of nitrogens with two attached hydrogens (primary N) is 2. The van der Waals surface area contributed by atoms with E-state index in [1.54, 1.807) is 0 Å². The number of hydrogen-bond donors (Lipinski definition) is 8. The lowest BCUT2D eigenvalue weighted by molar-refractivity contribution is -0.145. The van der Waals surface area contributed by atoms with Gasteiger partial charge in [0.25, 0.3) is 0 Å². The van der Waals surface area contributed by atoms with Crippen molar-refractivity contribution < 1.29 is 34.5 Å². The number of carboxylic acid groups (broad SMARTS) is 1. The molecule has 12 nitrogen and oxygen atoms in total. The van der Waals surface area contributed by atoms with Crippen molar-refractivity contribution in [2.24, 2.45) is 11.5 Å². The Kier molecular flexibility index (Phi) is 14.8. The molecule has 0 fully saturated rings. The number of aliphatic carboxylic acids is 1. The first-order valence-electron chi connectivity index (χ1n) is 9.96. The molecule has 0 aliphatic carbocycles. The van der Waals surface area contributed by atoms with E-state index in [1.807, 2.05) is 6.26 Å². The highest BCUT2D eigenvalue weighted by Gasteiger charge is 2.31. The van der Waals surface area contributed by atoms with Gasteiger partial charge in [0.1, 0.15) is 12.1 Å². The summed E-state index contributed by atoms with van der Waals surface area (Å²) in [5, 5.41) is 35.1. The van der Waals surface area contributed by atoms with Gasteiger partial charge in [0.15, 0.2) is 6.04 Å². The molecule has 0 bridgehead atoms. The van der Waals surface area contributed by atoms with Gasteiger partial charge in [-0.1, -0.05) is 0 Å². The van der Waals surface area contributed by atoms with Crippen molar-refractivity contribution in [3.05, 3.63) is 0 Å². The molecule has 5 atom stereocenters. The van der Waals surface area contributed by atoms with Gasteiger partial charge in [-0.25, -0.2) is 4.79 Å². The number of carbonyl (C=O) groups is 4. The van der Waals surface area contributed by atoms with Crippen LogP contribution in [0.2, 0.25) is 0 Å². The molecule has 10 N–H and O–H groups in total. The zero-order chi connectivity index (χ0) is 24.0. The molecule has 0 radical (unpaired) electrons. The van der Waals surface area contributed by atoms with Crippen molar-refractivity contribution in [1.82, 2.24) is 16.0 Å². The Balaban J connectivity index is 5.20. The Morgan fingerprint density at radius 3 is 2.03 bits per heavy atom. The van der Waals surface area contributed by atoms with Crippen molar-refractivity contribution in [1.29, 1.82) is 0 Å². The van der Waals surface area contributed by atoms with E-state index in [0.717, 1.165) is 0 Å². The molecule has 3 amide bonds. The number of hydrogen-bond acceptors (Lipinski definition) is 9. The highest BCUT2D eigenvalue weighted by molar-refractivity contribution is 7.98. The molecule has 31 heavy (non-hydrogen) atoms. The molecule has 13 heteroatoms. The maximum absolute atomic E-state index is 12.5. The average Bonchev–Trinajstić information content (AvgIpc) is 2.72. The maximum atomic E-state index is 12.5. The monoisotopic (exact) mass is 465 g/mol. The summed E-state index contributed by atoms with van der Waals surface area (Å²) in [5.74, 6) is -3.06. The molecule has 0 aromatic heterocycles. The Morgan fingerprint density at radius 1 is 0.968 bits per heavy atom. The van der Waals surface area contributed by atoms with Crippen molar-refractivity contribution >= 4 is 35.5 Å². The molecule has 0 saturated carbocycles. The molecule has 0 aliphatic rings. The number of aliphatic hydroxyl groups excluding tert-OH is 2. The van der Waals surface area contributed by atoms with E-state index in [0.29, 0.717) is 31.6 Å². The summed E-state index contributed by atoms with van der Waals surface area (Å²) in [7, 11) is 0. The fourth-order valence-corrected chi connectivity index (χ4v) is 3.01. The molecule has 0 saturated heterocycles. The number of carbonyl (C=O) groups excluding carboxylic acids is 3. The standard InChI is InChI=1S/C18H35N5O7S/c1-10(25)14(18(29)30)23-16(27)12(5-3-4-7-19)21-17(28)13(9-24)22-15(26)11(20)6-8-31-2/h10-14,24-25H,3-9,19-20H2,1-2H3,(H,21,28)(H,22,26)(H,23,27)(H,29,30). The minimum Gasteiger partial charge on any atom is -0.480 e. The minimum atomic E-state index is -1.57. The first-order valence-corrected chi connectivity index (χ1v) is 11.4. The summed E-state index contributed by atoms with van der Waals surface area (Å²) in [6, 6.07) is -4.93. The number of amides is 3. The van der Waals surface area contributed by atoms with Crippen molar-refractivity contribution in [3.63, 3.8) is 0 Å². The number of unbranched alkanes of at least 4 members (excludes halogenated alkanes) is 1. The summed E-state index contributed by atoms with van der Waals surface area (Å²) < 4.78 is 0. The van der Waals surface area contributed by atoms with Crippen LogP contribution < -0.4 is 27.4 Å². The fraction of sp³-hybridized carbons (Fsp3) is 0.778. The highest BCUT2D eigenvalue weighted by atomic mass is 32.2. The van der Waals surface area contributed by atoms with Crippen LogP contribution in [0.3, 0.4) is 0 Å². The molecule has 0 spiro atoms. The number of thioether (sulfide) groups is 1. The Labute approximate surface area is 185 Å². The second kappa shape index (κ2) is 15.8. The second-order valence-corrected chi connectivity index (χ2v) is 8.03. The van der Waals surface area contributed by atoms with Crippen LogP contribution in [-0.4, -0.2) is 94.4 Å². The summed E-state index contributed by atoms with van der Waals surface area (Å²) >= 11 is 1.51. The smallest absolute Gasteiger partial charge is 0.328 e. The quantitative estimate of drug-likeness (QED) is 0.109. The van der Waals surface area contributed by atoms with Crippen LogP contribution >= 0.6 is 11.8 Å². The maximum Gasteiger partial charge on any atom is 0.328 e. The van der Waals surface area contributed by atoms with Gasteiger partial charge in [0, 0.05) is 0 Å². The Hall–Kier alpha value is -1.93. The molecule has 180 valence electrons. The van der Waals surface area contributed by atoms with Gasteiger partial charge in [-0.05, 0) is 51.2 Å². The van der Waals surface area contributed by atoms with Crippen LogP contribution in [-0.2, 0) is 19.2 Å². The molecule has 0 aromatic carbocycles. The highest BCUT2D eigenvalue weighted by Crippen LogP contribution is 2.04. The van der Waals surface area contributed by atoms with E-state index in [2.05, 4.69) is 16.0 Å². The van der Waals surface area contributed by atoms with E-state index in [4.69, 9.17) is 16.6 Å². The van der Waals surface area contributed by atoms with Crippen LogP contribution in [0.25, 0.3) is 0 Å². The number of aliphatic hydroxyl groups is 2. The van der Waals surface area contributed by atoms with Gasteiger partial charge in [0.05, 0.1) is 18.8 Å². The lowest BCUT2D eigenvalue weighted by atomic mass is 10.1. The topological polar surface area (TPSA) is 217 Å². The van der Waals surface area contributed by atoms with Gasteiger partial charge in [0.2, 0.25) is 17.7 Å². The van der Waals surface area contributed by atoms with E-state index in [-0.39, 0.29) is 6.42 Å². The SMILES string of the molecule is CSCCC(N)C(=O)NC(CO)C(=O)NC(CCCCN)C(=O)NC(C(=O)O)C(C)O. The van der Waals surface area contributed by atoms with Crippen LogP contribution in [0.1, 0.15) is 32.6 Å². The van der Waals surface area contributed by atoms with E-state index in [9.17, 15) is 29.4 Å². The van der Waals surface area contributed by atoms with E-state index in [1.165, 1.54) is 18.7 Å². The minimum absolute atomic E-state index is 0.139. The van der Waals surface area contributed by atoms with Gasteiger partial charge >= 0.3 is 5.97 Å². The molecular formula is C18H35N5O7S. The fourth-order valence-electron chi connectivity index (χ4n) is 2.53. The number of nitrogens with one attached hydrogen (secondary N) is 3. The van der Waals surface area contributed by atoms with Crippen LogP contribution in [0.15, 0.2) is 0 Å². The van der Waals surface area contributed by atoms with Crippen molar-refractivity contribution in [2.45, 2.75) is 62.9 Å². The third-order valence-electron chi connectivity index (χ3n) is 4.41. The van der Waals surface area contributed by atoms with Crippen LogP contribution in [0.5, 0.6) is 0 Å². The first kappa shape index (κ1) is 29.1. The van der Waals surface area contributed by atoms with Crippen molar-refractivity contribution in [3.8, 4) is 0 Å². The normalized spacial score (nSPS) is 15.8. The zero-order valence-corrected chi connectivity index (χ0v) is 18.7. The molecule has 0 aliphatic heterocycles. The summed E-state index contributed by atoms with van der Waals surface area (Å²) in [6.45, 7) is 0.838. The second-order valence-electron chi connectivity index (χ2n) is 7.04. The molecular weight excluding hydrogens is 430 g/mol. The van der Waals surface area contributed by atoms with Crippen LogP contribution in [0.4, 0.5) is 0 Å². The average molecular weight is 466 g/mol. The van der Waals surface area contributed by atoms with E-state index < -0.39 is 60.6 Å². The Bertz CT molecular complexity index is 594. The molecule has 0 heterocycles. The summed E-state index contributed by atoms with van der Waals surface area (Å²) in [4.78, 5) is 48.4. The van der Waals surface area contributed by atoms with Gasteiger partial charge in [-0.2, -0.15) is 11.8 Å². The van der Waals surface area contributed by atoms with Crippen LogP contribution in [0, 0.1) is 0 Å². The number of rotatable bonds is 16. The third kappa shape index (κ3) is 11.3. The predicted molar refractivity (Wildman–Crippen MR) is 116 cm³/mol. The lowest BCUT2D eigenvalue weighted by Gasteiger charge is -2.25. The zero-order valence-electron chi connectivity index (χ0n) is 17.9. The molecule has 0 aromatic rings. The number of carboxylic acids is 1. The predicted octanol–water partition coefficient (Wildman–Crippen LogP) is -2.89. The third-order valence-corrected chi connectivity index (χ3v) is 5.06. The Morgan fingerprint density at radius 2 is 1.55 bits per heavy atom. The largest absolute Gasteiger partial charge is 0.480 e. The lowest BCUT2D eigenvalue weighted by Crippen LogP contribution is -2.59. The van der Waals surface area contributed by atoms with Crippen molar-refractivity contribution in [2.75, 3.05) is 25.2 Å². The summed E-state index contributed by atoms with van der Waals surface area (Å²) in [6.07, 6.45) is 2.03. The molecule has 5 unspecified atom stereocenters. The van der Waals surface area contributed by atoms with Gasteiger partial charge < -0.3 is 42.7 Å². The summed E-state index contributed by atoms with van der Waals surface area (Å²) in [5.41, 5.74) is 11.2. The van der Waals surface area contributed by atoms with E-state index >= 15 is 0 Å². The first-order chi connectivity index (χ1) is 14.6.